The molecule has 0 atom stereocenters. The highest BCUT2D eigenvalue weighted by molar-refractivity contribution is 8.18. The second kappa shape index (κ2) is 8.56. The molecule has 2 amide bonds. The van der Waals surface area contributed by atoms with Crippen molar-refractivity contribution in [2.75, 3.05) is 0 Å². The number of imide groups is 1. The number of amides is 2. The largest absolute Gasteiger partial charge is 0.457 e. The summed E-state index contributed by atoms with van der Waals surface area (Å²) in [7, 11) is 0. The Labute approximate surface area is 194 Å². The topological polar surface area (TPSA) is 67.6 Å². The minimum Gasteiger partial charge on any atom is -0.457 e. The van der Waals surface area contributed by atoms with Gasteiger partial charge >= 0.3 is 0 Å². The third-order valence-corrected chi connectivity index (χ3v) is 6.41. The number of ketones is 1. The third kappa shape index (κ3) is 4.25. The van der Waals surface area contributed by atoms with Crippen molar-refractivity contribution in [3.63, 3.8) is 0 Å². The number of hydrogen-bond donors (Lipinski definition) is 0. The first kappa shape index (κ1) is 21.0. The van der Waals surface area contributed by atoms with E-state index in [1.807, 2.05) is 54.6 Å². The highest BCUT2D eigenvalue weighted by atomic mass is 32.2. The second-order valence-corrected chi connectivity index (χ2v) is 8.78. The summed E-state index contributed by atoms with van der Waals surface area (Å²) in [6, 6.07) is 24.6. The fourth-order valence-electron chi connectivity index (χ4n) is 3.74. The number of hydrogen-bond acceptors (Lipinski definition) is 5. The Morgan fingerprint density at radius 3 is 2.45 bits per heavy atom. The van der Waals surface area contributed by atoms with E-state index in [9.17, 15) is 14.4 Å². The van der Waals surface area contributed by atoms with Crippen molar-refractivity contribution in [1.29, 1.82) is 0 Å². The van der Waals surface area contributed by atoms with Crippen molar-refractivity contribution in [2.45, 2.75) is 13.5 Å². The number of furan rings is 1. The molecule has 33 heavy (non-hydrogen) atoms. The summed E-state index contributed by atoms with van der Waals surface area (Å²) in [4.78, 5) is 38.5. The molecular weight excluding hydrogens is 434 g/mol. The summed E-state index contributed by atoms with van der Waals surface area (Å²) in [5.74, 6) is 0.770. The Hall–Kier alpha value is -3.90. The Morgan fingerprint density at radius 1 is 0.939 bits per heavy atom. The molecule has 4 aromatic rings. The van der Waals surface area contributed by atoms with E-state index < -0.39 is 0 Å². The van der Waals surface area contributed by atoms with Gasteiger partial charge in [-0.2, -0.15) is 0 Å². The van der Waals surface area contributed by atoms with Gasteiger partial charge < -0.3 is 4.42 Å². The molecule has 0 spiro atoms. The smallest absolute Gasteiger partial charge is 0.293 e. The zero-order valence-corrected chi connectivity index (χ0v) is 18.6. The first-order valence-electron chi connectivity index (χ1n) is 10.4. The fourth-order valence-corrected chi connectivity index (χ4v) is 4.56. The van der Waals surface area contributed by atoms with Gasteiger partial charge in [0.2, 0.25) is 0 Å². The molecule has 2 heterocycles. The molecular formula is C27H19NO4S. The van der Waals surface area contributed by atoms with Crippen LogP contribution in [-0.4, -0.2) is 21.8 Å². The number of fused-ring (bicyclic) bond motifs is 1. The average molecular weight is 454 g/mol. The molecule has 0 unspecified atom stereocenters. The molecule has 0 bridgehead atoms. The number of carbonyl (C=O) groups is 3. The molecule has 1 aliphatic heterocycles. The summed E-state index contributed by atoms with van der Waals surface area (Å²) >= 11 is 0.911. The van der Waals surface area contributed by atoms with E-state index in [1.165, 1.54) is 11.8 Å². The molecule has 5 rings (SSSR count). The molecule has 162 valence electrons. The normalized spacial score (nSPS) is 15.1. The standard InChI is InChI=1S/C27H19NO4S/c1-17(29)19-8-10-21(11-9-19)24-13-12-23(32-24)15-25-26(30)28(27(31)33-25)16-18-6-7-20-4-2-3-5-22(20)14-18/h2-15H,16H2,1H3/b25-15-. The molecule has 0 saturated carbocycles. The molecule has 1 saturated heterocycles. The fraction of sp³-hybridized carbons (Fsp3) is 0.0741. The molecule has 0 N–H and O–H groups in total. The summed E-state index contributed by atoms with van der Waals surface area (Å²) in [6.45, 7) is 1.74. The van der Waals surface area contributed by atoms with Crippen LogP contribution in [0.3, 0.4) is 0 Å². The van der Waals surface area contributed by atoms with Crippen LogP contribution < -0.4 is 0 Å². The maximum Gasteiger partial charge on any atom is 0.293 e. The van der Waals surface area contributed by atoms with Crippen LogP contribution in [0.25, 0.3) is 28.2 Å². The summed E-state index contributed by atoms with van der Waals surface area (Å²) < 4.78 is 5.86. The van der Waals surface area contributed by atoms with Crippen LogP contribution >= 0.6 is 11.8 Å². The maximum absolute atomic E-state index is 12.9. The number of nitrogens with zero attached hydrogens (tertiary/aromatic N) is 1. The van der Waals surface area contributed by atoms with Crippen LogP contribution in [0.1, 0.15) is 28.6 Å². The van der Waals surface area contributed by atoms with Gasteiger partial charge in [-0.3, -0.25) is 19.3 Å². The van der Waals surface area contributed by atoms with Gasteiger partial charge in [-0.1, -0.05) is 60.7 Å². The van der Waals surface area contributed by atoms with Gasteiger partial charge in [-0.05, 0) is 53.2 Å². The van der Waals surface area contributed by atoms with Crippen LogP contribution in [0.5, 0.6) is 0 Å². The van der Waals surface area contributed by atoms with Gasteiger partial charge in [-0.15, -0.1) is 0 Å². The van der Waals surface area contributed by atoms with E-state index in [0.717, 1.165) is 33.7 Å². The lowest BCUT2D eigenvalue weighted by atomic mass is 10.1. The van der Waals surface area contributed by atoms with Crippen LogP contribution in [-0.2, 0) is 11.3 Å². The Morgan fingerprint density at radius 2 is 1.70 bits per heavy atom. The molecule has 1 aliphatic rings. The Balaban J connectivity index is 1.34. The van der Waals surface area contributed by atoms with Crippen molar-refractivity contribution < 1.29 is 18.8 Å². The van der Waals surface area contributed by atoms with Crippen molar-refractivity contribution in [1.82, 2.24) is 4.90 Å². The molecule has 0 radical (unpaired) electrons. The van der Waals surface area contributed by atoms with E-state index in [0.29, 0.717) is 22.0 Å². The number of thioether (sulfide) groups is 1. The van der Waals surface area contributed by atoms with Crippen LogP contribution in [0.4, 0.5) is 4.79 Å². The number of Topliss-reactive ketones (excluding diaryl/α,β-unsaturated/α-hetero) is 1. The van der Waals surface area contributed by atoms with Crippen LogP contribution in [0.15, 0.2) is 88.2 Å². The Bertz CT molecular complexity index is 1430. The van der Waals surface area contributed by atoms with Gasteiger partial charge in [0.1, 0.15) is 11.5 Å². The lowest BCUT2D eigenvalue weighted by Crippen LogP contribution is -2.27. The Kier molecular flexibility index (Phi) is 5.44. The van der Waals surface area contributed by atoms with Gasteiger partial charge in [0, 0.05) is 17.2 Å². The number of carbonyl (C=O) groups excluding carboxylic acids is 3. The predicted molar refractivity (Wildman–Crippen MR) is 130 cm³/mol. The minimum atomic E-state index is -0.332. The van der Waals surface area contributed by atoms with E-state index >= 15 is 0 Å². The molecule has 5 nitrogen and oxygen atoms in total. The highest BCUT2D eigenvalue weighted by Crippen LogP contribution is 2.34. The highest BCUT2D eigenvalue weighted by Gasteiger charge is 2.35. The molecule has 6 heteroatoms. The lowest BCUT2D eigenvalue weighted by Gasteiger charge is -2.13. The molecule has 3 aromatic carbocycles. The molecule has 1 aromatic heterocycles. The molecule has 1 fully saturated rings. The van der Waals surface area contributed by atoms with Crippen molar-refractivity contribution in [2.24, 2.45) is 0 Å². The van der Waals surface area contributed by atoms with Crippen molar-refractivity contribution >= 4 is 45.5 Å². The first-order chi connectivity index (χ1) is 16.0. The monoisotopic (exact) mass is 453 g/mol. The predicted octanol–water partition coefficient (Wildman–Crippen LogP) is 6.54. The summed E-state index contributed by atoms with van der Waals surface area (Å²) in [6.07, 6.45) is 1.60. The van der Waals surface area contributed by atoms with E-state index in [1.54, 1.807) is 30.3 Å². The van der Waals surface area contributed by atoms with Gasteiger partial charge in [-0.25, -0.2) is 0 Å². The van der Waals surface area contributed by atoms with Crippen molar-refractivity contribution in [3.05, 3.63) is 101 Å². The van der Waals surface area contributed by atoms with Gasteiger partial charge in [0.05, 0.1) is 11.4 Å². The minimum absolute atomic E-state index is 0.00102. The van der Waals surface area contributed by atoms with E-state index in [2.05, 4.69) is 0 Å². The second-order valence-electron chi connectivity index (χ2n) is 7.78. The average Bonchev–Trinajstić information content (AvgIpc) is 3.39. The summed E-state index contributed by atoms with van der Waals surface area (Å²) in [5.41, 5.74) is 2.35. The quantitative estimate of drug-likeness (QED) is 0.254. The molecule has 0 aliphatic carbocycles. The number of benzene rings is 3. The number of rotatable bonds is 5. The summed E-state index contributed by atoms with van der Waals surface area (Å²) in [5, 5.41) is 1.88. The van der Waals surface area contributed by atoms with E-state index in [-0.39, 0.29) is 23.5 Å². The van der Waals surface area contributed by atoms with Gasteiger partial charge in [0.25, 0.3) is 11.1 Å². The van der Waals surface area contributed by atoms with E-state index in [4.69, 9.17) is 4.42 Å². The first-order valence-corrected chi connectivity index (χ1v) is 11.2. The zero-order valence-electron chi connectivity index (χ0n) is 17.8. The lowest BCUT2D eigenvalue weighted by molar-refractivity contribution is -0.123. The third-order valence-electron chi connectivity index (χ3n) is 5.50. The van der Waals surface area contributed by atoms with Crippen LogP contribution in [0, 0.1) is 0 Å². The zero-order chi connectivity index (χ0) is 22.9. The maximum atomic E-state index is 12.9. The van der Waals surface area contributed by atoms with Gasteiger partial charge in [0.15, 0.2) is 5.78 Å². The van der Waals surface area contributed by atoms with Crippen molar-refractivity contribution in [3.8, 4) is 11.3 Å². The van der Waals surface area contributed by atoms with Crippen LogP contribution in [0.2, 0.25) is 0 Å². The SMILES string of the molecule is CC(=O)c1ccc(-c2ccc(/C=C3\SC(=O)N(Cc4ccc5ccccc5c4)C3=O)o2)cc1.